The largest absolute Gasteiger partial charge is 0.379 e. The fourth-order valence-electron chi connectivity index (χ4n) is 3.92. The highest BCUT2D eigenvalue weighted by atomic mass is 35.5. The van der Waals surface area contributed by atoms with Gasteiger partial charge < -0.3 is 9.30 Å². The Hall–Kier alpha value is -1.40. The van der Waals surface area contributed by atoms with Crippen molar-refractivity contribution in [1.82, 2.24) is 19.4 Å². The van der Waals surface area contributed by atoms with E-state index in [0.717, 1.165) is 45.2 Å². The van der Waals surface area contributed by atoms with Crippen molar-refractivity contribution in [1.29, 1.82) is 0 Å². The minimum Gasteiger partial charge on any atom is -0.379 e. The van der Waals surface area contributed by atoms with E-state index in [9.17, 15) is 0 Å². The van der Waals surface area contributed by atoms with E-state index in [4.69, 9.17) is 16.3 Å². The van der Waals surface area contributed by atoms with Gasteiger partial charge in [-0.05, 0) is 43.7 Å². The molecule has 0 bridgehead atoms. The molecule has 0 amide bonds. The van der Waals surface area contributed by atoms with Gasteiger partial charge in [-0.3, -0.25) is 9.80 Å². The van der Waals surface area contributed by atoms with Crippen LogP contribution in [0.25, 0.3) is 5.82 Å². The number of halogens is 1. The summed E-state index contributed by atoms with van der Waals surface area (Å²) in [6.45, 7) is 7.16. The Morgan fingerprint density at radius 1 is 1.16 bits per heavy atom. The van der Waals surface area contributed by atoms with Gasteiger partial charge in [0.2, 0.25) is 0 Å². The van der Waals surface area contributed by atoms with Crippen LogP contribution in [0.3, 0.4) is 0 Å². The predicted octanol–water partition coefficient (Wildman–Crippen LogP) is 2.82. The molecule has 2 aromatic rings. The van der Waals surface area contributed by atoms with Crippen LogP contribution in [0.2, 0.25) is 5.02 Å². The van der Waals surface area contributed by atoms with Crippen LogP contribution in [-0.2, 0) is 11.3 Å². The summed E-state index contributed by atoms with van der Waals surface area (Å²) < 4.78 is 7.66. The zero-order valence-electron chi connectivity index (χ0n) is 14.5. The molecular weight excluding hydrogens is 336 g/mol. The number of pyridine rings is 1. The van der Waals surface area contributed by atoms with Gasteiger partial charge in [0.1, 0.15) is 5.82 Å². The molecule has 0 N–H and O–H groups in total. The summed E-state index contributed by atoms with van der Waals surface area (Å²) in [4.78, 5) is 9.63. The van der Waals surface area contributed by atoms with E-state index in [1.807, 2.05) is 12.1 Å². The van der Waals surface area contributed by atoms with Crippen LogP contribution in [0.1, 0.15) is 18.5 Å². The zero-order chi connectivity index (χ0) is 17.1. The molecule has 2 aliphatic heterocycles. The second kappa shape index (κ2) is 7.87. The maximum Gasteiger partial charge on any atom is 0.136 e. The van der Waals surface area contributed by atoms with E-state index in [2.05, 4.69) is 37.7 Å². The van der Waals surface area contributed by atoms with Gasteiger partial charge in [0.25, 0.3) is 0 Å². The highest BCUT2D eigenvalue weighted by Gasteiger charge is 2.26. The molecule has 25 heavy (non-hydrogen) atoms. The van der Waals surface area contributed by atoms with Gasteiger partial charge in [-0.1, -0.05) is 11.6 Å². The lowest BCUT2D eigenvalue weighted by molar-refractivity contribution is -0.00377. The third-order valence-electron chi connectivity index (χ3n) is 5.22. The number of likely N-dealkylation sites (tertiary alicyclic amines) is 1. The minimum atomic E-state index is 0.662. The Morgan fingerprint density at radius 2 is 2.04 bits per heavy atom. The summed E-state index contributed by atoms with van der Waals surface area (Å²) in [6.07, 6.45) is 6.35. The molecular formula is C19H25ClN4O. The number of morpholine rings is 1. The van der Waals surface area contributed by atoms with Crippen LogP contribution in [0.15, 0.2) is 36.7 Å². The van der Waals surface area contributed by atoms with Crippen molar-refractivity contribution in [3.8, 4) is 5.82 Å². The summed E-state index contributed by atoms with van der Waals surface area (Å²) in [5.41, 5.74) is 1.28. The molecule has 0 aliphatic carbocycles. The molecule has 6 heteroatoms. The fourth-order valence-corrected chi connectivity index (χ4v) is 4.04. The molecule has 2 aromatic heterocycles. The number of nitrogens with zero attached hydrogens (tertiary/aromatic N) is 4. The summed E-state index contributed by atoms with van der Waals surface area (Å²) in [6, 6.07) is 8.81. The number of aromatic nitrogens is 2. The highest BCUT2D eigenvalue weighted by Crippen LogP contribution is 2.20. The van der Waals surface area contributed by atoms with Crippen molar-refractivity contribution in [2.45, 2.75) is 25.4 Å². The number of hydrogen-bond donors (Lipinski definition) is 0. The first-order chi connectivity index (χ1) is 12.3. The van der Waals surface area contributed by atoms with Crippen molar-refractivity contribution in [2.24, 2.45) is 0 Å². The highest BCUT2D eigenvalue weighted by molar-refractivity contribution is 6.30. The van der Waals surface area contributed by atoms with Gasteiger partial charge in [0.15, 0.2) is 0 Å². The van der Waals surface area contributed by atoms with Crippen LogP contribution < -0.4 is 0 Å². The van der Waals surface area contributed by atoms with Gasteiger partial charge in [-0.2, -0.15) is 0 Å². The van der Waals surface area contributed by atoms with Gasteiger partial charge in [-0.15, -0.1) is 0 Å². The monoisotopic (exact) mass is 360 g/mol. The van der Waals surface area contributed by atoms with E-state index in [1.165, 1.54) is 25.1 Å². The standard InChI is InChI=1S/C19H25ClN4O/c20-16-5-6-19(21-13-16)24-8-2-4-18(24)15-22-7-1-3-17(14-22)23-9-11-25-12-10-23/h2,4-6,8,13,17H,1,3,7,9-12,14-15H2. The summed E-state index contributed by atoms with van der Waals surface area (Å²) in [5.74, 6) is 0.922. The molecule has 0 saturated carbocycles. The molecule has 2 fully saturated rings. The van der Waals surface area contributed by atoms with Crippen molar-refractivity contribution in [2.75, 3.05) is 39.4 Å². The Bertz CT molecular complexity index is 681. The van der Waals surface area contributed by atoms with E-state index in [-0.39, 0.29) is 0 Å². The molecule has 4 rings (SSSR count). The Kier molecular flexibility index (Phi) is 5.36. The van der Waals surface area contributed by atoms with Crippen LogP contribution in [0.5, 0.6) is 0 Å². The molecule has 2 aliphatic rings. The molecule has 4 heterocycles. The second-order valence-electron chi connectivity index (χ2n) is 6.88. The lowest BCUT2D eigenvalue weighted by atomic mass is 10.0. The Labute approximate surface area is 154 Å². The summed E-state index contributed by atoms with van der Waals surface area (Å²) >= 11 is 5.96. The van der Waals surface area contributed by atoms with E-state index >= 15 is 0 Å². The zero-order valence-corrected chi connectivity index (χ0v) is 15.2. The molecule has 0 aromatic carbocycles. The van der Waals surface area contributed by atoms with Crippen LogP contribution in [-0.4, -0.2) is 64.8 Å². The minimum absolute atomic E-state index is 0.662. The molecule has 0 radical (unpaired) electrons. The Balaban J connectivity index is 1.43. The van der Waals surface area contributed by atoms with E-state index < -0.39 is 0 Å². The smallest absolute Gasteiger partial charge is 0.136 e. The lowest BCUT2D eigenvalue weighted by Gasteiger charge is -2.40. The quantitative estimate of drug-likeness (QED) is 0.839. The predicted molar refractivity (Wildman–Crippen MR) is 99.3 cm³/mol. The van der Waals surface area contributed by atoms with Crippen molar-refractivity contribution in [3.05, 3.63) is 47.4 Å². The fraction of sp³-hybridized carbons (Fsp3) is 0.526. The van der Waals surface area contributed by atoms with Gasteiger partial charge in [0.05, 0.1) is 18.2 Å². The summed E-state index contributed by atoms with van der Waals surface area (Å²) in [7, 11) is 0. The van der Waals surface area contributed by atoms with Gasteiger partial charge in [0, 0.05) is 50.3 Å². The van der Waals surface area contributed by atoms with Crippen LogP contribution in [0.4, 0.5) is 0 Å². The Morgan fingerprint density at radius 3 is 2.84 bits per heavy atom. The van der Waals surface area contributed by atoms with Crippen molar-refractivity contribution >= 4 is 11.6 Å². The molecule has 1 unspecified atom stereocenters. The van der Waals surface area contributed by atoms with Gasteiger partial charge in [-0.25, -0.2) is 4.98 Å². The van der Waals surface area contributed by atoms with Crippen LogP contribution in [0, 0.1) is 0 Å². The third-order valence-corrected chi connectivity index (χ3v) is 5.44. The average molecular weight is 361 g/mol. The lowest BCUT2D eigenvalue weighted by Crippen LogP contribution is -2.51. The maximum absolute atomic E-state index is 5.96. The molecule has 134 valence electrons. The second-order valence-corrected chi connectivity index (χ2v) is 7.32. The van der Waals surface area contributed by atoms with E-state index in [0.29, 0.717) is 11.1 Å². The summed E-state index contributed by atoms with van der Waals surface area (Å²) in [5, 5.41) is 0.668. The number of hydrogen-bond acceptors (Lipinski definition) is 4. The third kappa shape index (κ3) is 4.06. The van der Waals surface area contributed by atoms with Gasteiger partial charge >= 0.3 is 0 Å². The topological polar surface area (TPSA) is 33.5 Å². The number of piperidine rings is 1. The molecule has 2 saturated heterocycles. The SMILES string of the molecule is Clc1ccc(-n2cccc2CN2CCCC(N3CCOCC3)C2)nc1. The first-order valence-corrected chi connectivity index (χ1v) is 9.50. The van der Waals surface area contributed by atoms with E-state index in [1.54, 1.807) is 6.20 Å². The van der Waals surface area contributed by atoms with Crippen LogP contribution >= 0.6 is 11.6 Å². The maximum atomic E-state index is 5.96. The number of rotatable bonds is 4. The number of ether oxygens (including phenoxy) is 1. The normalized spacial score (nSPS) is 23.0. The molecule has 1 atom stereocenters. The average Bonchev–Trinajstić information content (AvgIpc) is 3.11. The molecule has 0 spiro atoms. The molecule has 5 nitrogen and oxygen atoms in total. The van der Waals surface area contributed by atoms with Crippen molar-refractivity contribution < 1.29 is 4.74 Å². The first-order valence-electron chi connectivity index (χ1n) is 9.12. The van der Waals surface area contributed by atoms with Crippen molar-refractivity contribution in [3.63, 3.8) is 0 Å². The first kappa shape index (κ1) is 17.0.